The Bertz CT molecular complexity index is 699. The number of hydrogen-bond acceptors (Lipinski definition) is 3. The molecule has 0 bridgehead atoms. The van der Waals surface area contributed by atoms with Crippen molar-refractivity contribution in [1.29, 1.82) is 0 Å². The fourth-order valence-corrected chi connectivity index (χ4v) is 2.86. The highest BCUT2D eigenvalue weighted by Gasteiger charge is 2.19. The lowest BCUT2D eigenvalue weighted by atomic mass is 10.1. The molecule has 3 aromatic rings. The second-order valence-corrected chi connectivity index (χ2v) is 4.96. The molecular weight excluding hydrogens is 251 g/mol. The topological polar surface area (TPSA) is 33.4 Å². The Hall–Kier alpha value is -1.65. The van der Waals surface area contributed by atoms with E-state index in [2.05, 4.69) is 0 Å². The van der Waals surface area contributed by atoms with Crippen molar-refractivity contribution in [3.63, 3.8) is 0 Å². The second-order valence-electron chi connectivity index (χ2n) is 4.22. The Morgan fingerprint density at radius 3 is 2.83 bits per heavy atom. The van der Waals surface area contributed by atoms with Crippen LogP contribution in [0.25, 0.3) is 11.0 Å². The maximum absolute atomic E-state index is 13.5. The van der Waals surface area contributed by atoms with Gasteiger partial charge in [-0.05, 0) is 35.4 Å². The van der Waals surface area contributed by atoms with Gasteiger partial charge in [0.2, 0.25) is 0 Å². The number of fused-ring (bicyclic) bond motifs is 1. The van der Waals surface area contributed by atoms with E-state index in [-0.39, 0.29) is 5.58 Å². The summed E-state index contributed by atoms with van der Waals surface area (Å²) in [5, 5.41) is 14.7. The van der Waals surface area contributed by atoms with Crippen molar-refractivity contribution < 1.29 is 13.9 Å². The first kappa shape index (κ1) is 11.4. The maximum Gasteiger partial charge on any atom is 0.170 e. The zero-order chi connectivity index (χ0) is 12.7. The van der Waals surface area contributed by atoms with Gasteiger partial charge in [-0.25, -0.2) is 4.39 Å². The molecule has 0 aliphatic carbocycles. The first-order valence-electron chi connectivity index (χ1n) is 5.55. The van der Waals surface area contributed by atoms with E-state index in [1.807, 2.05) is 17.7 Å². The standard InChI is InChI=1S/C14H11FO2S/c1-8-6-18-7-10(8)13(16)12-5-9-3-2-4-11(15)14(9)17-12/h2-7,13,16H,1H3. The highest BCUT2D eigenvalue weighted by Crippen LogP contribution is 2.32. The van der Waals surface area contributed by atoms with Gasteiger partial charge in [0.25, 0.3) is 0 Å². The number of hydrogen-bond donors (Lipinski definition) is 1. The largest absolute Gasteiger partial charge is 0.455 e. The van der Waals surface area contributed by atoms with E-state index in [0.29, 0.717) is 11.1 Å². The number of rotatable bonds is 2. The number of aliphatic hydroxyl groups is 1. The monoisotopic (exact) mass is 262 g/mol. The van der Waals surface area contributed by atoms with E-state index in [9.17, 15) is 9.50 Å². The van der Waals surface area contributed by atoms with Gasteiger partial charge in [0, 0.05) is 10.9 Å². The quantitative estimate of drug-likeness (QED) is 0.756. The number of halogens is 1. The van der Waals surface area contributed by atoms with Gasteiger partial charge in [-0.1, -0.05) is 12.1 Å². The number of furan rings is 1. The third-order valence-electron chi connectivity index (χ3n) is 2.97. The number of aryl methyl sites for hydroxylation is 1. The van der Waals surface area contributed by atoms with Crippen LogP contribution in [0.5, 0.6) is 0 Å². The fraction of sp³-hybridized carbons (Fsp3) is 0.143. The van der Waals surface area contributed by atoms with E-state index in [1.165, 1.54) is 17.4 Å². The minimum absolute atomic E-state index is 0.194. The summed E-state index contributed by atoms with van der Waals surface area (Å²) in [5.74, 6) is -0.0374. The van der Waals surface area contributed by atoms with Gasteiger partial charge < -0.3 is 9.52 Å². The molecule has 0 fully saturated rings. The number of aliphatic hydroxyl groups excluding tert-OH is 1. The molecule has 3 rings (SSSR count). The van der Waals surface area contributed by atoms with Crippen LogP contribution in [-0.2, 0) is 0 Å². The molecule has 4 heteroatoms. The molecule has 0 spiro atoms. The van der Waals surface area contributed by atoms with Crippen LogP contribution < -0.4 is 0 Å². The molecule has 0 saturated carbocycles. The number of thiophene rings is 1. The molecule has 92 valence electrons. The Balaban J connectivity index is 2.10. The summed E-state index contributed by atoms with van der Waals surface area (Å²) in [7, 11) is 0. The van der Waals surface area contributed by atoms with Gasteiger partial charge in [0.1, 0.15) is 11.9 Å². The van der Waals surface area contributed by atoms with Crippen molar-refractivity contribution in [2.75, 3.05) is 0 Å². The predicted octanol–water partition coefficient (Wildman–Crippen LogP) is 4.02. The average Bonchev–Trinajstić information content (AvgIpc) is 2.95. The van der Waals surface area contributed by atoms with Crippen LogP contribution in [-0.4, -0.2) is 5.11 Å². The third kappa shape index (κ3) is 1.74. The second kappa shape index (κ2) is 4.23. The molecule has 2 nitrogen and oxygen atoms in total. The lowest BCUT2D eigenvalue weighted by Crippen LogP contribution is -1.97. The smallest absolute Gasteiger partial charge is 0.170 e. The van der Waals surface area contributed by atoms with E-state index in [0.717, 1.165) is 11.1 Å². The van der Waals surface area contributed by atoms with Crippen molar-refractivity contribution in [2.45, 2.75) is 13.0 Å². The summed E-state index contributed by atoms with van der Waals surface area (Å²) in [4.78, 5) is 0. The zero-order valence-electron chi connectivity index (χ0n) is 9.68. The Kier molecular flexibility index (Phi) is 2.69. The lowest BCUT2D eigenvalue weighted by molar-refractivity contribution is 0.191. The number of para-hydroxylation sites is 1. The SMILES string of the molecule is Cc1cscc1C(O)c1cc2cccc(F)c2o1. The maximum atomic E-state index is 13.5. The summed E-state index contributed by atoms with van der Waals surface area (Å²) >= 11 is 1.52. The van der Waals surface area contributed by atoms with Crippen molar-refractivity contribution in [2.24, 2.45) is 0 Å². The minimum Gasteiger partial charge on any atom is -0.455 e. The van der Waals surface area contributed by atoms with Gasteiger partial charge in [-0.2, -0.15) is 11.3 Å². The Morgan fingerprint density at radius 2 is 2.17 bits per heavy atom. The first-order chi connectivity index (χ1) is 8.66. The Morgan fingerprint density at radius 1 is 1.33 bits per heavy atom. The number of benzene rings is 1. The molecule has 1 aromatic carbocycles. The summed E-state index contributed by atoms with van der Waals surface area (Å²) < 4.78 is 18.9. The molecule has 2 aromatic heterocycles. The predicted molar refractivity (Wildman–Crippen MR) is 69.3 cm³/mol. The van der Waals surface area contributed by atoms with Crippen molar-refractivity contribution >= 4 is 22.3 Å². The molecule has 1 atom stereocenters. The summed E-state index contributed by atoms with van der Waals surface area (Å²) in [6.07, 6.45) is -0.844. The molecule has 0 aliphatic rings. The van der Waals surface area contributed by atoms with Crippen molar-refractivity contribution in [3.05, 3.63) is 57.7 Å². The van der Waals surface area contributed by atoms with Crippen LogP contribution in [0.1, 0.15) is 23.0 Å². The molecule has 0 aliphatic heterocycles. The molecule has 0 saturated heterocycles. The van der Waals surface area contributed by atoms with E-state index >= 15 is 0 Å². The highest BCUT2D eigenvalue weighted by molar-refractivity contribution is 7.08. The van der Waals surface area contributed by atoms with E-state index in [4.69, 9.17) is 4.42 Å². The Labute approximate surface area is 107 Å². The molecule has 0 radical (unpaired) electrons. The summed E-state index contributed by atoms with van der Waals surface area (Å²) in [6, 6.07) is 6.41. The third-order valence-corrected chi connectivity index (χ3v) is 3.85. The van der Waals surface area contributed by atoms with Gasteiger partial charge in [0.15, 0.2) is 11.4 Å². The average molecular weight is 262 g/mol. The molecule has 1 N–H and O–H groups in total. The van der Waals surface area contributed by atoms with Gasteiger partial charge in [-0.15, -0.1) is 0 Å². The molecule has 2 heterocycles. The van der Waals surface area contributed by atoms with Crippen LogP contribution in [0, 0.1) is 12.7 Å². The van der Waals surface area contributed by atoms with Gasteiger partial charge in [0.05, 0.1) is 0 Å². The van der Waals surface area contributed by atoms with Crippen LogP contribution in [0.2, 0.25) is 0 Å². The van der Waals surface area contributed by atoms with Crippen LogP contribution in [0.4, 0.5) is 4.39 Å². The van der Waals surface area contributed by atoms with Gasteiger partial charge >= 0.3 is 0 Å². The normalized spacial score (nSPS) is 13.1. The van der Waals surface area contributed by atoms with Crippen LogP contribution in [0.3, 0.4) is 0 Å². The van der Waals surface area contributed by atoms with Crippen LogP contribution >= 0.6 is 11.3 Å². The highest BCUT2D eigenvalue weighted by atomic mass is 32.1. The lowest BCUT2D eigenvalue weighted by Gasteiger charge is -2.06. The van der Waals surface area contributed by atoms with Gasteiger partial charge in [-0.3, -0.25) is 0 Å². The molecule has 1 unspecified atom stereocenters. The zero-order valence-corrected chi connectivity index (χ0v) is 10.5. The molecule has 18 heavy (non-hydrogen) atoms. The first-order valence-corrected chi connectivity index (χ1v) is 6.50. The van der Waals surface area contributed by atoms with E-state index < -0.39 is 11.9 Å². The molecule has 0 amide bonds. The van der Waals surface area contributed by atoms with Crippen molar-refractivity contribution in [1.82, 2.24) is 0 Å². The fourth-order valence-electron chi connectivity index (χ4n) is 1.99. The minimum atomic E-state index is -0.844. The van der Waals surface area contributed by atoms with Crippen molar-refractivity contribution in [3.8, 4) is 0 Å². The van der Waals surface area contributed by atoms with E-state index in [1.54, 1.807) is 18.2 Å². The molecular formula is C14H11FO2S. The summed E-state index contributed by atoms with van der Waals surface area (Å²) in [5.41, 5.74) is 2.01. The van der Waals surface area contributed by atoms with Crippen LogP contribution in [0.15, 0.2) is 39.4 Å². The summed E-state index contributed by atoms with van der Waals surface area (Å²) in [6.45, 7) is 1.93.